The van der Waals surface area contributed by atoms with E-state index in [-0.39, 0.29) is 10.6 Å². The highest BCUT2D eigenvalue weighted by Gasteiger charge is 2.23. The molecule has 5 heteroatoms. The molecule has 0 radical (unpaired) electrons. The van der Waals surface area contributed by atoms with Crippen LogP contribution in [-0.4, -0.2) is 35.5 Å². The molecule has 20 heavy (non-hydrogen) atoms. The van der Waals surface area contributed by atoms with Crippen LogP contribution in [0.2, 0.25) is 0 Å². The van der Waals surface area contributed by atoms with E-state index in [1.165, 1.54) is 6.42 Å². The Morgan fingerprint density at radius 2 is 2.20 bits per heavy atom. The summed E-state index contributed by atoms with van der Waals surface area (Å²) in [4.78, 5) is 13.0. The lowest BCUT2D eigenvalue weighted by atomic mass is 10.1. The van der Waals surface area contributed by atoms with Crippen LogP contribution >= 0.6 is 0 Å². The minimum Gasteiger partial charge on any atom is -0.385 e. The van der Waals surface area contributed by atoms with Crippen molar-refractivity contribution in [2.45, 2.75) is 33.2 Å². The van der Waals surface area contributed by atoms with Crippen LogP contribution in [0.5, 0.6) is 0 Å². The van der Waals surface area contributed by atoms with Crippen molar-refractivity contribution in [3.05, 3.63) is 33.9 Å². The summed E-state index contributed by atoms with van der Waals surface area (Å²) in [5, 5.41) is 14.2. The smallest absolute Gasteiger partial charge is 0.271 e. The zero-order chi connectivity index (χ0) is 14.7. The second-order valence-electron chi connectivity index (χ2n) is 5.94. The van der Waals surface area contributed by atoms with Crippen LogP contribution < -0.4 is 5.32 Å². The standard InChI is InChI=1S/C15H23N3O2/c1-11(2)17-5-4-13(10-17)9-16-14-6-12(3)7-15(8-14)18(19)20/h6-8,11,13,16H,4-5,9-10H2,1-3H3. The first kappa shape index (κ1) is 14.8. The number of nitrogens with one attached hydrogen (secondary N) is 1. The number of anilines is 1. The molecular formula is C15H23N3O2. The fourth-order valence-electron chi connectivity index (χ4n) is 2.73. The molecule has 1 heterocycles. The summed E-state index contributed by atoms with van der Waals surface area (Å²) >= 11 is 0. The predicted octanol–water partition coefficient (Wildman–Crippen LogP) is 3.05. The molecule has 1 saturated heterocycles. The summed E-state index contributed by atoms with van der Waals surface area (Å²) in [6.45, 7) is 9.47. The van der Waals surface area contributed by atoms with E-state index in [4.69, 9.17) is 0 Å². The molecule has 0 spiro atoms. The third-order valence-corrected chi connectivity index (χ3v) is 3.92. The van der Waals surface area contributed by atoms with Gasteiger partial charge in [-0.3, -0.25) is 10.1 Å². The van der Waals surface area contributed by atoms with Crippen LogP contribution in [0.25, 0.3) is 0 Å². The lowest BCUT2D eigenvalue weighted by Crippen LogP contribution is -2.29. The maximum atomic E-state index is 10.9. The van der Waals surface area contributed by atoms with E-state index in [1.807, 2.05) is 13.0 Å². The highest BCUT2D eigenvalue weighted by molar-refractivity contribution is 5.53. The van der Waals surface area contributed by atoms with Crippen molar-refractivity contribution in [3.8, 4) is 0 Å². The third-order valence-electron chi connectivity index (χ3n) is 3.92. The van der Waals surface area contributed by atoms with Crippen LogP contribution in [0.15, 0.2) is 18.2 Å². The predicted molar refractivity (Wildman–Crippen MR) is 81.1 cm³/mol. The van der Waals surface area contributed by atoms with Gasteiger partial charge < -0.3 is 10.2 Å². The van der Waals surface area contributed by atoms with Crippen molar-refractivity contribution < 1.29 is 4.92 Å². The zero-order valence-electron chi connectivity index (χ0n) is 12.4. The number of non-ortho nitro benzene ring substituents is 1. The first-order chi connectivity index (χ1) is 9.45. The van der Waals surface area contributed by atoms with E-state index in [0.29, 0.717) is 12.0 Å². The fraction of sp³-hybridized carbons (Fsp3) is 0.600. The van der Waals surface area contributed by atoms with Gasteiger partial charge in [-0.25, -0.2) is 0 Å². The maximum absolute atomic E-state index is 10.9. The molecule has 1 unspecified atom stereocenters. The maximum Gasteiger partial charge on any atom is 0.271 e. The molecule has 1 aliphatic heterocycles. The van der Waals surface area contributed by atoms with Gasteiger partial charge in [-0.2, -0.15) is 0 Å². The monoisotopic (exact) mass is 277 g/mol. The molecule has 0 amide bonds. The number of hydrogen-bond donors (Lipinski definition) is 1. The Labute approximate surface area is 120 Å². The van der Waals surface area contributed by atoms with Gasteiger partial charge in [-0.05, 0) is 51.3 Å². The number of likely N-dealkylation sites (tertiary alicyclic amines) is 1. The Hall–Kier alpha value is -1.62. The molecule has 0 aliphatic carbocycles. The number of nitrogens with zero attached hydrogens (tertiary/aromatic N) is 2. The average molecular weight is 277 g/mol. The van der Waals surface area contributed by atoms with Crippen molar-refractivity contribution in [3.63, 3.8) is 0 Å². The number of nitro groups is 1. The van der Waals surface area contributed by atoms with Crippen molar-refractivity contribution in [2.75, 3.05) is 25.0 Å². The number of nitro benzene ring substituents is 1. The van der Waals surface area contributed by atoms with Gasteiger partial charge in [0.25, 0.3) is 5.69 Å². The van der Waals surface area contributed by atoms with Crippen LogP contribution in [0.1, 0.15) is 25.8 Å². The molecule has 1 aromatic carbocycles. The number of rotatable bonds is 5. The molecule has 2 rings (SSSR count). The van der Waals surface area contributed by atoms with Gasteiger partial charge in [-0.15, -0.1) is 0 Å². The van der Waals surface area contributed by atoms with Gasteiger partial charge >= 0.3 is 0 Å². The molecule has 1 aliphatic rings. The first-order valence-electron chi connectivity index (χ1n) is 7.19. The summed E-state index contributed by atoms with van der Waals surface area (Å²) < 4.78 is 0. The minimum atomic E-state index is -0.339. The van der Waals surface area contributed by atoms with Crippen molar-refractivity contribution >= 4 is 11.4 Å². The van der Waals surface area contributed by atoms with Gasteiger partial charge in [0.2, 0.25) is 0 Å². The van der Waals surface area contributed by atoms with E-state index in [2.05, 4.69) is 24.1 Å². The Morgan fingerprint density at radius 1 is 1.45 bits per heavy atom. The minimum absolute atomic E-state index is 0.155. The summed E-state index contributed by atoms with van der Waals surface area (Å²) in [6, 6.07) is 5.77. The number of benzene rings is 1. The van der Waals surface area contributed by atoms with Gasteiger partial charge in [0.05, 0.1) is 4.92 Å². The lowest BCUT2D eigenvalue weighted by molar-refractivity contribution is -0.384. The van der Waals surface area contributed by atoms with E-state index in [9.17, 15) is 10.1 Å². The van der Waals surface area contributed by atoms with E-state index < -0.39 is 0 Å². The van der Waals surface area contributed by atoms with Gasteiger partial charge in [0.1, 0.15) is 0 Å². The van der Waals surface area contributed by atoms with Crippen LogP contribution in [0, 0.1) is 23.0 Å². The average Bonchev–Trinajstić information content (AvgIpc) is 2.84. The second-order valence-corrected chi connectivity index (χ2v) is 5.94. The molecule has 5 nitrogen and oxygen atoms in total. The molecule has 0 saturated carbocycles. The van der Waals surface area contributed by atoms with Crippen LogP contribution in [0.4, 0.5) is 11.4 Å². The molecule has 110 valence electrons. The first-order valence-corrected chi connectivity index (χ1v) is 7.19. The summed E-state index contributed by atoms with van der Waals surface area (Å²) in [6.07, 6.45) is 1.19. The topological polar surface area (TPSA) is 58.4 Å². The molecule has 1 atom stereocenters. The van der Waals surface area contributed by atoms with E-state index >= 15 is 0 Å². The van der Waals surface area contributed by atoms with Crippen molar-refractivity contribution in [1.29, 1.82) is 0 Å². The largest absolute Gasteiger partial charge is 0.385 e. The van der Waals surface area contributed by atoms with Crippen LogP contribution in [0.3, 0.4) is 0 Å². The number of aryl methyl sites for hydroxylation is 1. The summed E-state index contributed by atoms with van der Waals surface area (Å²) in [5.41, 5.74) is 1.92. The Kier molecular flexibility index (Phi) is 4.60. The van der Waals surface area contributed by atoms with Gasteiger partial charge in [-0.1, -0.05) is 0 Å². The molecule has 0 bridgehead atoms. The van der Waals surface area contributed by atoms with Crippen LogP contribution in [-0.2, 0) is 0 Å². The zero-order valence-corrected chi connectivity index (χ0v) is 12.4. The SMILES string of the molecule is Cc1cc(NCC2CCN(C(C)C)C2)cc([N+](=O)[O-])c1. The Bertz CT molecular complexity index is 488. The van der Waals surface area contributed by atoms with Gasteiger partial charge in [0.15, 0.2) is 0 Å². The molecule has 1 fully saturated rings. The summed E-state index contributed by atoms with van der Waals surface area (Å²) in [5.74, 6) is 0.622. The highest BCUT2D eigenvalue weighted by atomic mass is 16.6. The molecule has 0 aromatic heterocycles. The van der Waals surface area contributed by atoms with Crippen molar-refractivity contribution in [2.24, 2.45) is 5.92 Å². The highest BCUT2D eigenvalue weighted by Crippen LogP contribution is 2.23. The molecule has 1 N–H and O–H groups in total. The van der Waals surface area contributed by atoms with E-state index in [1.54, 1.807) is 12.1 Å². The Balaban J connectivity index is 1.93. The third kappa shape index (κ3) is 3.70. The van der Waals surface area contributed by atoms with E-state index in [0.717, 1.165) is 30.9 Å². The molecular weight excluding hydrogens is 254 g/mol. The quantitative estimate of drug-likeness (QED) is 0.664. The summed E-state index contributed by atoms with van der Waals surface area (Å²) in [7, 11) is 0. The van der Waals surface area contributed by atoms with Gasteiger partial charge in [0, 0.05) is 37.0 Å². The normalized spacial score (nSPS) is 19.5. The van der Waals surface area contributed by atoms with Crippen molar-refractivity contribution in [1.82, 2.24) is 4.90 Å². The lowest BCUT2D eigenvalue weighted by Gasteiger charge is -2.20. The fourth-order valence-corrected chi connectivity index (χ4v) is 2.73. The molecule has 1 aromatic rings. The number of hydrogen-bond acceptors (Lipinski definition) is 4. The second kappa shape index (κ2) is 6.22. The Morgan fingerprint density at radius 3 is 2.80 bits per heavy atom.